The molecule has 0 bridgehead atoms. The largest absolute Gasteiger partial charge is 0.308 e. The van der Waals surface area contributed by atoms with E-state index in [-0.39, 0.29) is 11.1 Å². The number of aromatic nitrogens is 2. The van der Waals surface area contributed by atoms with Crippen LogP contribution in [0.4, 0.5) is 13.2 Å². The van der Waals surface area contributed by atoms with Gasteiger partial charge in [0.15, 0.2) is 17.5 Å². The number of aryl methyl sites for hydroxylation is 1. The van der Waals surface area contributed by atoms with E-state index in [4.69, 9.17) is 0 Å². The number of benzene rings is 1. The summed E-state index contributed by atoms with van der Waals surface area (Å²) in [6, 6.07) is 1.92. The molecule has 2 rings (SSSR count). The monoisotopic (exact) mass is 297 g/mol. The molecule has 0 amide bonds. The lowest BCUT2D eigenvalue weighted by molar-refractivity contribution is 0.424. The standard InChI is InChI=1S/C15H18F3N3/c1-15(2,3)19-7-10-8-21(4)20-14(10)9-5-11(16)13(18)12(17)6-9/h5-6,8,19H,7H2,1-4H3. The Morgan fingerprint density at radius 2 is 1.71 bits per heavy atom. The first-order chi connectivity index (χ1) is 9.67. The second-order valence-corrected chi connectivity index (χ2v) is 6.03. The van der Waals surface area contributed by atoms with Gasteiger partial charge in [-0.2, -0.15) is 5.10 Å². The summed E-state index contributed by atoms with van der Waals surface area (Å²) in [6.45, 7) is 6.54. The van der Waals surface area contributed by atoms with Gasteiger partial charge in [0.25, 0.3) is 0 Å². The number of rotatable bonds is 3. The minimum atomic E-state index is -1.47. The molecule has 0 atom stereocenters. The van der Waals surface area contributed by atoms with E-state index >= 15 is 0 Å². The lowest BCUT2D eigenvalue weighted by Crippen LogP contribution is -2.35. The van der Waals surface area contributed by atoms with E-state index < -0.39 is 17.5 Å². The highest BCUT2D eigenvalue weighted by atomic mass is 19.2. The van der Waals surface area contributed by atoms with Crippen LogP contribution in [0.15, 0.2) is 18.3 Å². The quantitative estimate of drug-likeness (QED) is 0.880. The van der Waals surface area contributed by atoms with Gasteiger partial charge >= 0.3 is 0 Å². The molecule has 1 aromatic heterocycles. The first-order valence-corrected chi connectivity index (χ1v) is 6.60. The van der Waals surface area contributed by atoms with Crippen molar-refractivity contribution in [3.63, 3.8) is 0 Å². The highest BCUT2D eigenvalue weighted by molar-refractivity contribution is 5.63. The average Bonchev–Trinajstić information content (AvgIpc) is 2.73. The van der Waals surface area contributed by atoms with E-state index in [0.29, 0.717) is 12.2 Å². The smallest absolute Gasteiger partial charge is 0.194 e. The molecule has 0 unspecified atom stereocenters. The van der Waals surface area contributed by atoms with Gasteiger partial charge in [-0.1, -0.05) is 0 Å². The second-order valence-electron chi connectivity index (χ2n) is 6.03. The molecule has 0 radical (unpaired) electrons. The van der Waals surface area contributed by atoms with Gasteiger partial charge in [0.05, 0.1) is 5.69 Å². The van der Waals surface area contributed by atoms with Crippen molar-refractivity contribution in [2.24, 2.45) is 7.05 Å². The highest BCUT2D eigenvalue weighted by Gasteiger charge is 2.17. The summed E-state index contributed by atoms with van der Waals surface area (Å²) >= 11 is 0. The zero-order valence-corrected chi connectivity index (χ0v) is 12.5. The van der Waals surface area contributed by atoms with Gasteiger partial charge in [0.1, 0.15) is 0 Å². The molecule has 6 heteroatoms. The molecule has 0 spiro atoms. The lowest BCUT2D eigenvalue weighted by Gasteiger charge is -2.20. The minimum Gasteiger partial charge on any atom is -0.308 e. The Labute approximate surface area is 121 Å². The van der Waals surface area contributed by atoms with Crippen LogP contribution < -0.4 is 5.32 Å². The average molecular weight is 297 g/mol. The summed E-state index contributed by atoms with van der Waals surface area (Å²) in [7, 11) is 1.72. The van der Waals surface area contributed by atoms with E-state index in [1.807, 2.05) is 20.8 Å². The van der Waals surface area contributed by atoms with Gasteiger partial charge < -0.3 is 5.32 Å². The summed E-state index contributed by atoms with van der Waals surface area (Å²) in [5, 5.41) is 7.50. The van der Waals surface area contributed by atoms with E-state index in [1.165, 1.54) is 0 Å². The third kappa shape index (κ3) is 3.64. The molecule has 1 N–H and O–H groups in total. The molecular weight excluding hydrogens is 279 g/mol. The van der Waals surface area contributed by atoms with Gasteiger partial charge in [-0.15, -0.1) is 0 Å². The van der Waals surface area contributed by atoms with Crippen molar-refractivity contribution in [1.29, 1.82) is 0 Å². The fourth-order valence-electron chi connectivity index (χ4n) is 1.96. The maximum Gasteiger partial charge on any atom is 0.194 e. The summed E-state index contributed by atoms with van der Waals surface area (Å²) in [4.78, 5) is 0. The number of halogens is 3. The Kier molecular flexibility index (Phi) is 4.09. The first-order valence-electron chi connectivity index (χ1n) is 6.60. The maximum atomic E-state index is 13.4. The van der Waals surface area contributed by atoms with E-state index in [2.05, 4.69) is 10.4 Å². The predicted octanol–water partition coefficient (Wildman–Crippen LogP) is 3.39. The molecule has 0 saturated heterocycles. The summed E-state index contributed by atoms with van der Waals surface area (Å²) in [5.41, 5.74) is 1.34. The topological polar surface area (TPSA) is 29.9 Å². The summed E-state index contributed by atoms with van der Waals surface area (Å²) in [6.07, 6.45) is 1.77. The number of nitrogens with zero attached hydrogens (tertiary/aromatic N) is 2. The molecule has 1 aromatic carbocycles. The molecule has 21 heavy (non-hydrogen) atoms. The van der Waals surface area contributed by atoms with Crippen molar-refractivity contribution in [2.45, 2.75) is 32.9 Å². The molecular formula is C15H18F3N3. The van der Waals surface area contributed by atoms with Crippen molar-refractivity contribution < 1.29 is 13.2 Å². The summed E-state index contributed by atoms with van der Waals surface area (Å²) in [5.74, 6) is -3.90. The molecule has 3 nitrogen and oxygen atoms in total. The van der Waals surface area contributed by atoms with Crippen molar-refractivity contribution >= 4 is 0 Å². The lowest BCUT2D eigenvalue weighted by atomic mass is 10.1. The molecule has 0 aliphatic heterocycles. The van der Waals surface area contributed by atoms with Crippen LogP contribution in [-0.4, -0.2) is 15.3 Å². The highest BCUT2D eigenvalue weighted by Crippen LogP contribution is 2.25. The zero-order valence-electron chi connectivity index (χ0n) is 12.5. The van der Waals surface area contributed by atoms with Crippen molar-refractivity contribution in [2.75, 3.05) is 0 Å². The molecule has 0 aliphatic rings. The van der Waals surface area contributed by atoms with E-state index in [1.54, 1.807) is 17.9 Å². The van der Waals surface area contributed by atoms with Gasteiger partial charge in [-0.25, -0.2) is 13.2 Å². The van der Waals surface area contributed by atoms with Crippen LogP contribution in [-0.2, 0) is 13.6 Å². The fraction of sp³-hybridized carbons (Fsp3) is 0.400. The van der Waals surface area contributed by atoms with Crippen LogP contribution in [0.3, 0.4) is 0 Å². The minimum absolute atomic E-state index is 0.105. The third-order valence-electron chi connectivity index (χ3n) is 2.97. The molecule has 2 aromatic rings. The molecule has 114 valence electrons. The SMILES string of the molecule is Cn1cc(CNC(C)(C)C)c(-c2cc(F)c(F)c(F)c2)n1. The van der Waals surface area contributed by atoms with E-state index in [9.17, 15) is 13.2 Å². The van der Waals surface area contributed by atoms with Gasteiger partial charge in [0.2, 0.25) is 0 Å². The van der Waals surface area contributed by atoms with Gasteiger partial charge in [-0.05, 0) is 32.9 Å². The van der Waals surface area contributed by atoms with Crippen molar-refractivity contribution in [3.05, 3.63) is 41.3 Å². The van der Waals surface area contributed by atoms with Gasteiger partial charge in [-0.3, -0.25) is 4.68 Å². The van der Waals surface area contributed by atoms with Crippen LogP contribution in [0, 0.1) is 17.5 Å². The maximum absolute atomic E-state index is 13.4. The summed E-state index contributed by atoms with van der Waals surface area (Å²) < 4.78 is 41.4. The van der Waals surface area contributed by atoms with Gasteiger partial charge in [0, 0.05) is 36.5 Å². The Morgan fingerprint density at radius 1 is 1.14 bits per heavy atom. The van der Waals surface area contributed by atoms with Crippen LogP contribution in [0.25, 0.3) is 11.3 Å². The normalized spacial score (nSPS) is 12.0. The number of nitrogens with one attached hydrogen (secondary N) is 1. The fourth-order valence-corrected chi connectivity index (χ4v) is 1.96. The molecule has 0 fully saturated rings. The third-order valence-corrected chi connectivity index (χ3v) is 2.97. The Hall–Kier alpha value is -1.82. The Balaban J connectivity index is 2.40. The molecule has 0 aliphatic carbocycles. The number of hydrogen-bond donors (Lipinski definition) is 1. The Bertz CT molecular complexity index is 634. The number of hydrogen-bond acceptors (Lipinski definition) is 2. The van der Waals surface area contributed by atoms with Crippen LogP contribution in [0.1, 0.15) is 26.3 Å². The van der Waals surface area contributed by atoms with E-state index in [0.717, 1.165) is 17.7 Å². The van der Waals surface area contributed by atoms with Crippen LogP contribution in [0.5, 0.6) is 0 Å². The van der Waals surface area contributed by atoms with Crippen molar-refractivity contribution in [3.8, 4) is 11.3 Å². The molecule has 1 heterocycles. The molecule has 0 saturated carbocycles. The first kappa shape index (κ1) is 15.6. The van der Waals surface area contributed by atoms with Crippen molar-refractivity contribution in [1.82, 2.24) is 15.1 Å². The predicted molar refractivity (Wildman–Crippen MR) is 75.1 cm³/mol. The zero-order chi connectivity index (χ0) is 15.8. The van der Waals surface area contributed by atoms with Crippen LogP contribution >= 0.6 is 0 Å². The Morgan fingerprint density at radius 3 is 2.24 bits per heavy atom. The second kappa shape index (κ2) is 5.52. The van der Waals surface area contributed by atoms with Crippen LogP contribution in [0.2, 0.25) is 0 Å².